The molecular weight excluding hydrogens is 458 g/mol. The standard InChI is InChI=1S/C24H20ClN5O2S/c1-17-6-12-20(13-7-17)30-23(18-8-10-19(25)11-9-18)28-29-24(30)33-16-22(31)27-26-14-2-4-21-5-3-15-32-21/h2-15H,16H2,1H3,(H,27,31)/b4-2+,26-14+. The van der Waals surface area contributed by atoms with Gasteiger partial charge in [-0.3, -0.25) is 9.36 Å². The van der Waals surface area contributed by atoms with Gasteiger partial charge in [-0.2, -0.15) is 5.10 Å². The van der Waals surface area contributed by atoms with Gasteiger partial charge in [0.2, 0.25) is 0 Å². The van der Waals surface area contributed by atoms with Crippen LogP contribution in [0.25, 0.3) is 23.2 Å². The van der Waals surface area contributed by atoms with Crippen LogP contribution in [0.15, 0.2) is 87.7 Å². The van der Waals surface area contributed by atoms with Crippen molar-refractivity contribution < 1.29 is 9.21 Å². The van der Waals surface area contributed by atoms with E-state index in [4.69, 9.17) is 16.0 Å². The zero-order chi connectivity index (χ0) is 23.0. The Balaban J connectivity index is 1.47. The molecule has 0 radical (unpaired) electrons. The van der Waals surface area contributed by atoms with Crippen LogP contribution in [-0.2, 0) is 4.79 Å². The molecule has 0 saturated heterocycles. The molecule has 4 rings (SSSR count). The van der Waals surface area contributed by atoms with Gasteiger partial charge in [0, 0.05) is 22.5 Å². The van der Waals surface area contributed by atoms with Gasteiger partial charge in [0.1, 0.15) is 5.76 Å². The summed E-state index contributed by atoms with van der Waals surface area (Å²) in [6.45, 7) is 2.03. The number of halogens is 1. The molecule has 1 N–H and O–H groups in total. The van der Waals surface area contributed by atoms with Crippen molar-refractivity contribution in [1.29, 1.82) is 0 Å². The number of hydrogen-bond acceptors (Lipinski definition) is 6. The van der Waals surface area contributed by atoms with Crippen LogP contribution < -0.4 is 5.43 Å². The molecule has 0 fully saturated rings. The Kier molecular flexibility index (Phi) is 7.39. The summed E-state index contributed by atoms with van der Waals surface area (Å²) in [6, 6.07) is 19.1. The van der Waals surface area contributed by atoms with Crippen molar-refractivity contribution in [2.75, 3.05) is 5.75 Å². The summed E-state index contributed by atoms with van der Waals surface area (Å²) < 4.78 is 7.11. The molecule has 0 spiro atoms. The molecule has 166 valence electrons. The summed E-state index contributed by atoms with van der Waals surface area (Å²) in [6.07, 6.45) is 6.49. The minimum atomic E-state index is -0.255. The summed E-state index contributed by atoms with van der Waals surface area (Å²) in [5.41, 5.74) is 5.42. The Labute approximate surface area is 200 Å². The molecule has 9 heteroatoms. The number of nitrogens with one attached hydrogen (secondary N) is 1. The maximum Gasteiger partial charge on any atom is 0.250 e. The molecule has 2 aromatic heterocycles. The van der Waals surface area contributed by atoms with Gasteiger partial charge >= 0.3 is 0 Å². The first-order chi connectivity index (χ1) is 16.1. The first kappa shape index (κ1) is 22.6. The molecule has 7 nitrogen and oxygen atoms in total. The summed E-state index contributed by atoms with van der Waals surface area (Å²) >= 11 is 7.32. The lowest BCUT2D eigenvalue weighted by Gasteiger charge is -2.10. The first-order valence-electron chi connectivity index (χ1n) is 10.0. The Morgan fingerprint density at radius 2 is 1.94 bits per heavy atom. The van der Waals surface area contributed by atoms with E-state index in [-0.39, 0.29) is 11.7 Å². The molecule has 0 atom stereocenters. The van der Waals surface area contributed by atoms with Crippen LogP contribution in [0.3, 0.4) is 0 Å². The summed E-state index contributed by atoms with van der Waals surface area (Å²) in [4.78, 5) is 12.3. The number of rotatable bonds is 8. The van der Waals surface area contributed by atoms with E-state index < -0.39 is 0 Å². The number of aryl methyl sites for hydroxylation is 1. The number of hydrogen-bond donors (Lipinski definition) is 1. The SMILES string of the molecule is Cc1ccc(-n2c(SCC(=O)N/N=C/C=C/c3ccco3)nnc2-c2ccc(Cl)cc2)cc1. The molecule has 0 aliphatic carbocycles. The molecular formula is C24H20ClN5O2S. The number of carbonyl (C=O) groups excluding carboxylic acids is 1. The molecule has 0 unspecified atom stereocenters. The minimum Gasteiger partial charge on any atom is -0.465 e. The van der Waals surface area contributed by atoms with E-state index in [2.05, 4.69) is 20.7 Å². The number of carbonyl (C=O) groups is 1. The van der Waals surface area contributed by atoms with E-state index in [0.29, 0.717) is 21.8 Å². The predicted octanol–water partition coefficient (Wildman–Crippen LogP) is 5.40. The highest BCUT2D eigenvalue weighted by Gasteiger charge is 2.17. The zero-order valence-electron chi connectivity index (χ0n) is 17.7. The highest BCUT2D eigenvalue weighted by atomic mass is 35.5. The van der Waals surface area contributed by atoms with Gasteiger partial charge < -0.3 is 4.42 Å². The van der Waals surface area contributed by atoms with Crippen molar-refractivity contribution in [2.45, 2.75) is 12.1 Å². The Morgan fingerprint density at radius 3 is 2.67 bits per heavy atom. The van der Waals surface area contributed by atoms with Crippen LogP contribution in [0.1, 0.15) is 11.3 Å². The fourth-order valence-electron chi connectivity index (χ4n) is 2.91. The highest BCUT2D eigenvalue weighted by molar-refractivity contribution is 7.99. The zero-order valence-corrected chi connectivity index (χ0v) is 19.3. The van der Waals surface area contributed by atoms with Crippen molar-refractivity contribution in [2.24, 2.45) is 5.10 Å². The van der Waals surface area contributed by atoms with Crippen LogP contribution in [-0.4, -0.2) is 32.6 Å². The van der Waals surface area contributed by atoms with Gasteiger partial charge in [0.25, 0.3) is 5.91 Å². The third kappa shape index (κ3) is 6.00. The number of amides is 1. The first-order valence-corrected chi connectivity index (χ1v) is 11.4. The van der Waals surface area contributed by atoms with Gasteiger partial charge in [-0.25, -0.2) is 5.43 Å². The molecule has 0 bridgehead atoms. The van der Waals surface area contributed by atoms with Crippen LogP contribution in [0, 0.1) is 6.92 Å². The number of furan rings is 1. The van der Waals surface area contributed by atoms with E-state index in [9.17, 15) is 4.79 Å². The molecule has 2 heterocycles. The van der Waals surface area contributed by atoms with Crippen molar-refractivity contribution >= 4 is 41.6 Å². The number of aromatic nitrogens is 3. The maximum absolute atomic E-state index is 12.3. The number of thioether (sulfide) groups is 1. The van der Waals surface area contributed by atoms with E-state index in [0.717, 1.165) is 16.8 Å². The molecule has 0 aliphatic heterocycles. The second-order valence-electron chi connectivity index (χ2n) is 6.96. The van der Waals surface area contributed by atoms with Crippen LogP contribution in [0.4, 0.5) is 0 Å². The van der Waals surface area contributed by atoms with E-state index in [1.54, 1.807) is 24.5 Å². The quantitative estimate of drug-likeness (QED) is 0.209. The molecule has 0 saturated carbocycles. The van der Waals surface area contributed by atoms with E-state index >= 15 is 0 Å². The molecule has 1 amide bonds. The van der Waals surface area contributed by atoms with Gasteiger partial charge in [-0.15, -0.1) is 10.2 Å². The second-order valence-corrected chi connectivity index (χ2v) is 8.34. The van der Waals surface area contributed by atoms with Gasteiger partial charge in [-0.1, -0.05) is 41.1 Å². The van der Waals surface area contributed by atoms with Crippen LogP contribution >= 0.6 is 23.4 Å². The maximum atomic E-state index is 12.3. The fourth-order valence-corrected chi connectivity index (χ4v) is 3.78. The minimum absolute atomic E-state index is 0.129. The molecule has 0 aliphatic rings. The molecule has 2 aromatic carbocycles. The molecule has 4 aromatic rings. The topological polar surface area (TPSA) is 85.3 Å². The van der Waals surface area contributed by atoms with Crippen molar-refractivity contribution in [1.82, 2.24) is 20.2 Å². The lowest BCUT2D eigenvalue weighted by molar-refractivity contribution is -0.118. The number of allylic oxidation sites excluding steroid dienone is 1. The lowest BCUT2D eigenvalue weighted by Crippen LogP contribution is -2.19. The summed E-state index contributed by atoms with van der Waals surface area (Å²) in [7, 11) is 0. The fraction of sp³-hybridized carbons (Fsp3) is 0.0833. The largest absolute Gasteiger partial charge is 0.465 e. The van der Waals surface area contributed by atoms with Crippen LogP contribution in [0.5, 0.6) is 0 Å². The van der Waals surface area contributed by atoms with Crippen LogP contribution in [0.2, 0.25) is 5.02 Å². The number of benzene rings is 2. The van der Waals surface area contributed by atoms with Gasteiger partial charge in [-0.05, 0) is 67.6 Å². The van der Waals surface area contributed by atoms with Crippen molar-refractivity contribution in [3.05, 3.63) is 89.3 Å². The lowest BCUT2D eigenvalue weighted by atomic mass is 10.2. The normalized spacial score (nSPS) is 11.5. The van der Waals surface area contributed by atoms with E-state index in [1.165, 1.54) is 18.0 Å². The third-order valence-electron chi connectivity index (χ3n) is 4.51. The van der Waals surface area contributed by atoms with Crippen molar-refractivity contribution in [3.63, 3.8) is 0 Å². The molecule has 33 heavy (non-hydrogen) atoms. The number of nitrogens with zero attached hydrogens (tertiary/aromatic N) is 4. The third-order valence-corrected chi connectivity index (χ3v) is 5.69. The number of hydrazone groups is 1. The summed E-state index contributed by atoms with van der Waals surface area (Å²) in [5, 5.41) is 13.9. The van der Waals surface area contributed by atoms with Crippen molar-refractivity contribution in [3.8, 4) is 17.1 Å². The summed E-state index contributed by atoms with van der Waals surface area (Å²) in [5.74, 6) is 1.24. The average molecular weight is 478 g/mol. The van der Waals surface area contributed by atoms with Gasteiger partial charge in [0.15, 0.2) is 11.0 Å². The Hall–Kier alpha value is -3.62. The average Bonchev–Trinajstić information content (AvgIpc) is 3.49. The van der Waals surface area contributed by atoms with Gasteiger partial charge in [0.05, 0.1) is 12.0 Å². The van der Waals surface area contributed by atoms with E-state index in [1.807, 2.05) is 66.1 Å². The second kappa shape index (κ2) is 10.8. The smallest absolute Gasteiger partial charge is 0.250 e. The highest BCUT2D eigenvalue weighted by Crippen LogP contribution is 2.28. The Bertz CT molecular complexity index is 1260. The Morgan fingerprint density at radius 1 is 1.15 bits per heavy atom. The monoisotopic (exact) mass is 477 g/mol. The predicted molar refractivity (Wildman–Crippen MR) is 132 cm³/mol.